The summed E-state index contributed by atoms with van der Waals surface area (Å²) in [6.45, 7) is 3.06. The quantitative estimate of drug-likeness (QED) is 0.746. The van der Waals surface area contributed by atoms with Crippen molar-refractivity contribution in [3.05, 3.63) is 35.9 Å². The zero-order valence-corrected chi connectivity index (χ0v) is 7.86. The highest BCUT2D eigenvalue weighted by Gasteiger charge is 2.23. The number of ether oxygens (including phenoxy) is 1. The summed E-state index contributed by atoms with van der Waals surface area (Å²) >= 11 is 0. The van der Waals surface area contributed by atoms with Gasteiger partial charge in [-0.2, -0.15) is 0 Å². The molecule has 70 valence electrons. The number of hydrogen-bond donors (Lipinski definition) is 1. The molecule has 1 N–H and O–H groups in total. The molecule has 2 atom stereocenters. The van der Waals surface area contributed by atoms with Crippen LogP contribution in [-0.4, -0.2) is 12.8 Å². The summed E-state index contributed by atoms with van der Waals surface area (Å²) in [6.07, 6.45) is 1.51. The van der Waals surface area contributed by atoms with Crippen LogP contribution in [0.3, 0.4) is 0 Å². The smallest absolute Gasteiger partial charge is 0.108 e. The minimum absolute atomic E-state index is 0.241. The molecule has 0 radical (unpaired) electrons. The van der Waals surface area contributed by atoms with Gasteiger partial charge in [0.25, 0.3) is 0 Å². The zero-order chi connectivity index (χ0) is 9.10. The first-order valence-corrected chi connectivity index (χ1v) is 4.84. The van der Waals surface area contributed by atoms with Crippen LogP contribution in [0.5, 0.6) is 0 Å². The van der Waals surface area contributed by atoms with E-state index in [-0.39, 0.29) is 12.3 Å². The lowest BCUT2D eigenvalue weighted by atomic mass is 10.1. The summed E-state index contributed by atoms with van der Waals surface area (Å²) in [5.74, 6) is 0. The molecule has 1 aliphatic rings. The van der Waals surface area contributed by atoms with Crippen molar-refractivity contribution in [2.24, 2.45) is 0 Å². The molecule has 2 nitrogen and oxygen atoms in total. The van der Waals surface area contributed by atoms with Crippen LogP contribution in [0.15, 0.2) is 30.3 Å². The lowest BCUT2D eigenvalue weighted by Gasteiger charge is -2.10. The highest BCUT2D eigenvalue weighted by atomic mass is 16.5. The Balaban J connectivity index is 2.04. The average Bonchev–Trinajstić information content (AvgIpc) is 2.67. The van der Waals surface area contributed by atoms with E-state index in [9.17, 15) is 0 Å². The maximum atomic E-state index is 5.79. The van der Waals surface area contributed by atoms with Gasteiger partial charge in [-0.15, -0.1) is 0 Å². The predicted octanol–water partition coefficient (Wildman–Crippen LogP) is 2.08. The Bertz CT molecular complexity index is 260. The molecule has 2 unspecified atom stereocenters. The largest absolute Gasteiger partial charge is 0.354 e. The number of hydrogen-bond acceptors (Lipinski definition) is 2. The molecule has 0 aliphatic carbocycles. The lowest BCUT2D eigenvalue weighted by molar-refractivity contribution is 0.0392. The van der Waals surface area contributed by atoms with E-state index in [1.807, 2.05) is 6.07 Å². The van der Waals surface area contributed by atoms with Crippen molar-refractivity contribution in [2.45, 2.75) is 25.7 Å². The van der Waals surface area contributed by atoms with Gasteiger partial charge in [-0.25, -0.2) is 0 Å². The monoisotopic (exact) mass is 177 g/mol. The van der Waals surface area contributed by atoms with Gasteiger partial charge in [0.1, 0.15) is 6.23 Å². The maximum absolute atomic E-state index is 5.79. The van der Waals surface area contributed by atoms with E-state index in [0.717, 1.165) is 13.0 Å². The Kier molecular flexibility index (Phi) is 2.62. The third kappa shape index (κ3) is 1.90. The number of benzene rings is 1. The first-order valence-electron chi connectivity index (χ1n) is 4.84. The molecule has 1 fully saturated rings. The van der Waals surface area contributed by atoms with Crippen molar-refractivity contribution >= 4 is 0 Å². The molecule has 13 heavy (non-hydrogen) atoms. The minimum Gasteiger partial charge on any atom is -0.354 e. The molecule has 2 heteroatoms. The van der Waals surface area contributed by atoms with Crippen molar-refractivity contribution in [3.8, 4) is 0 Å². The van der Waals surface area contributed by atoms with E-state index >= 15 is 0 Å². The first kappa shape index (κ1) is 8.73. The molecule has 1 saturated heterocycles. The van der Waals surface area contributed by atoms with Crippen molar-refractivity contribution in [1.82, 2.24) is 5.32 Å². The summed E-state index contributed by atoms with van der Waals surface area (Å²) in [5.41, 5.74) is 1.27. The maximum Gasteiger partial charge on any atom is 0.108 e. The van der Waals surface area contributed by atoms with Crippen LogP contribution in [0.2, 0.25) is 0 Å². The van der Waals surface area contributed by atoms with E-state index in [4.69, 9.17) is 4.74 Å². The van der Waals surface area contributed by atoms with Gasteiger partial charge in [-0.05, 0) is 12.0 Å². The SMILES string of the molecule is CCC1NCC(c2ccccc2)O1. The molecule has 1 aromatic carbocycles. The van der Waals surface area contributed by atoms with E-state index in [1.54, 1.807) is 0 Å². The molecule has 0 bridgehead atoms. The van der Waals surface area contributed by atoms with Crippen LogP contribution in [0.25, 0.3) is 0 Å². The lowest BCUT2D eigenvalue weighted by Crippen LogP contribution is -2.20. The summed E-state index contributed by atoms with van der Waals surface area (Å²) < 4.78 is 5.79. The molecular weight excluding hydrogens is 162 g/mol. The van der Waals surface area contributed by atoms with Crippen LogP contribution in [0.4, 0.5) is 0 Å². The molecule has 0 spiro atoms. The van der Waals surface area contributed by atoms with Gasteiger partial charge < -0.3 is 4.74 Å². The second-order valence-electron chi connectivity index (χ2n) is 3.34. The molecule has 1 heterocycles. The van der Waals surface area contributed by atoms with Crippen molar-refractivity contribution in [1.29, 1.82) is 0 Å². The van der Waals surface area contributed by atoms with Crippen LogP contribution in [0.1, 0.15) is 25.0 Å². The highest BCUT2D eigenvalue weighted by molar-refractivity contribution is 5.18. The van der Waals surface area contributed by atoms with E-state index < -0.39 is 0 Å². The highest BCUT2D eigenvalue weighted by Crippen LogP contribution is 2.23. The predicted molar refractivity (Wildman–Crippen MR) is 52.3 cm³/mol. The topological polar surface area (TPSA) is 21.3 Å². The van der Waals surface area contributed by atoms with Crippen LogP contribution in [-0.2, 0) is 4.74 Å². The third-order valence-electron chi connectivity index (χ3n) is 2.40. The van der Waals surface area contributed by atoms with Crippen molar-refractivity contribution < 1.29 is 4.74 Å². The molecular formula is C11H15NO. The van der Waals surface area contributed by atoms with Gasteiger partial charge >= 0.3 is 0 Å². The molecule has 1 aromatic rings. The van der Waals surface area contributed by atoms with Gasteiger partial charge in [0, 0.05) is 6.54 Å². The third-order valence-corrected chi connectivity index (χ3v) is 2.40. The molecule has 0 aromatic heterocycles. The van der Waals surface area contributed by atoms with Crippen LogP contribution >= 0.6 is 0 Å². The average molecular weight is 177 g/mol. The fourth-order valence-electron chi connectivity index (χ4n) is 1.64. The number of rotatable bonds is 2. The Morgan fingerprint density at radius 3 is 2.77 bits per heavy atom. The van der Waals surface area contributed by atoms with Gasteiger partial charge in [0.05, 0.1) is 6.10 Å². The minimum atomic E-state index is 0.241. The summed E-state index contributed by atoms with van der Waals surface area (Å²) in [5, 5.41) is 3.33. The molecule has 1 aliphatic heterocycles. The first-order chi connectivity index (χ1) is 6.40. The van der Waals surface area contributed by atoms with Crippen molar-refractivity contribution in [2.75, 3.05) is 6.54 Å². The fraction of sp³-hybridized carbons (Fsp3) is 0.455. The Hall–Kier alpha value is -0.860. The fourth-order valence-corrected chi connectivity index (χ4v) is 1.64. The summed E-state index contributed by atoms with van der Waals surface area (Å²) in [7, 11) is 0. The van der Waals surface area contributed by atoms with E-state index in [0.29, 0.717) is 0 Å². The van der Waals surface area contributed by atoms with Gasteiger partial charge in [0.15, 0.2) is 0 Å². The van der Waals surface area contributed by atoms with Crippen molar-refractivity contribution in [3.63, 3.8) is 0 Å². The Labute approximate surface area is 78.9 Å². The summed E-state index contributed by atoms with van der Waals surface area (Å²) in [4.78, 5) is 0. The Morgan fingerprint density at radius 2 is 2.15 bits per heavy atom. The normalized spacial score (nSPS) is 27.8. The van der Waals surface area contributed by atoms with Crippen LogP contribution in [0, 0.1) is 0 Å². The molecule has 0 amide bonds. The zero-order valence-electron chi connectivity index (χ0n) is 7.86. The van der Waals surface area contributed by atoms with Gasteiger partial charge in [-0.3, -0.25) is 5.32 Å². The second-order valence-corrected chi connectivity index (χ2v) is 3.34. The number of nitrogens with one attached hydrogen (secondary N) is 1. The molecule has 2 rings (SSSR count). The summed E-state index contributed by atoms with van der Waals surface area (Å²) in [6, 6.07) is 10.4. The van der Waals surface area contributed by atoms with E-state index in [1.165, 1.54) is 5.56 Å². The Morgan fingerprint density at radius 1 is 1.38 bits per heavy atom. The van der Waals surface area contributed by atoms with Gasteiger partial charge in [0.2, 0.25) is 0 Å². The van der Waals surface area contributed by atoms with E-state index in [2.05, 4.69) is 36.5 Å². The van der Waals surface area contributed by atoms with Crippen LogP contribution < -0.4 is 5.32 Å². The standard InChI is InChI=1S/C11H15NO/c1-2-11-12-8-10(13-11)9-6-4-3-5-7-9/h3-7,10-12H,2,8H2,1H3. The van der Waals surface area contributed by atoms with Gasteiger partial charge in [-0.1, -0.05) is 37.3 Å². The molecule has 0 saturated carbocycles. The second kappa shape index (κ2) is 3.90.